The highest BCUT2D eigenvalue weighted by atomic mass is 35.5. The van der Waals surface area contributed by atoms with E-state index in [4.69, 9.17) is 10.5 Å². The third-order valence-corrected chi connectivity index (χ3v) is 2.99. The van der Waals surface area contributed by atoms with Gasteiger partial charge in [-0.2, -0.15) is 5.10 Å². The summed E-state index contributed by atoms with van der Waals surface area (Å²) < 4.78 is 5.37. The molecule has 1 heterocycles. The Morgan fingerprint density at radius 2 is 1.84 bits per heavy atom. The van der Waals surface area contributed by atoms with Crippen LogP contribution in [0, 0.1) is 0 Å². The largest absolute Gasteiger partial charge is 0.496 e. The minimum absolute atomic E-state index is 0. The number of ether oxygens (including phenoxy) is 1. The zero-order chi connectivity index (χ0) is 12.5. The average Bonchev–Trinajstić information content (AvgIpc) is 2.84. The summed E-state index contributed by atoms with van der Waals surface area (Å²) in [4.78, 5) is 0. The van der Waals surface area contributed by atoms with Gasteiger partial charge < -0.3 is 10.5 Å². The van der Waals surface area contributed by atoms with Gasteiger partial charge in [0.1, 0.15) is 11.6 Å². The number of aromatic nitrogens is 2. The first-order valence-electron chi connectivity index (χ1n) is 5.66. The van der Waals surface area contributed by atoms with Gasteiger partial charge in [0.15, 0.2) is 0 Å². The summed E-state index contributed by atoms with van der Waals surface area (Å²) in [6.45, 7) is 0. The number of rotatable bonds is 2. The van der Waals surface area contributed by atoms with Crippen LogP contribution in [0.25, 0.3) is 22.0 Å². The molecule has 3 aromatic rings. The number of fused-ring (bicyclic) bond motifs is 1. The van der Waals surface area contributed by atoms with Crippen molar-refractivity contribution in [3.8, 4) is 17.0 Å². The number of nitrogen functional groups attached to an aromatic ring is 1. The Morgan fingerprint density at radius 3 is 2.47 bits per heavy atom. The lowest BCUT2D eigenvalue weighted by molar-refractivity contribution is 0.420. The van der Waals surface area contributed by atoms with Crippen molar-refractivity contribution in [3.63, 3.8) is 0 Å². The molecule has 0 saturated heterocycles. The lowest BCUT2D eigenvalue weighted by atomic mass is 10.0. The van der Waals surface area contributed by atoms with Crippen molar-refractivity contribution in [1.29, 1.82) is 0 Å². The minimum atomic E-state index is 0. The van der Waals surface area contributed by atoms with Gasteiger partial charge in [0.25, 0.3) is 0 Å². The van der Waals surface area contributed by atoms with Gasteiger partial charge >= 0.3 is 0 Å². The van der Waals surface area contributed by atoms with Crippen LogP contribution in [0.15, 0.2) is 42.5 Å². The molecule has 0 unspecified atom stereocenters. The molecule has 0 bridgehead atoms. The monoisotopic (exact) mass is 275 g/mol. The van der Waals surface area contributed by atoms with E-state index in [1.54, 1.807) is 7.11 Å². The molecule has 3 N–H and O–H groups in total. The number of H-pyrrole nitrogens is 1. The van der Waals surface area contributed by atoms with Crippen LogP contribution in [0.1, 0.15) is 0 Å². The van der Waals surface area contributed by atoms with E-state index < -0.39 is 0 Å². The first-order valence-corrected chi connectivity index (χ1v) is 5.66. The van der Waals surface area contributed by atoms with Gasteiger partial charge in [-0.3, -0.25) is 5.10 Å². The molecule has 0 amide bonds. The summed E-state index contributed by atoms with van der Waals surface area (Å²) in [5.41, 5.74) is 7.62. The van der Waals surface area contributed by atoms with E-state index >= 15 is 0 Å². The number of methoxy groups -OCH3 is 1. The summed E-state index contributed by atoms with van der Waals surface area (Å²) in [6.07, 6.45) is 0. The number of nitrogens with zero attached hydrogens (tertiary/aromatic N) is 1. The van der Waals surface area contributed by atoms with E-state index in [9.17, 15) is 0 Å². The first-order chi connectivity index (χ1) is 8.79. The fourth-order valence-corrected chi connectivity index (χ4v) is 2.16. The predicted octanol–water partition coefficient (Wildman–Crippen LogP) is 3.24. The molecule has 0 aliphatic rings. The Labute approximate surface area is 117 Å². The number of nitrogens with one attached hydrogen (secondary N) is 1. The standard InChI is InChI=1S/C14H13N3O.ClH/c1-18-13-7-6-10(12-8-14(15)17-16-12)9-4-2-3-5-11(9)13;/h2-8H,1H3,(H3,15,16,17);1H. The summed E-state index contributed by atoms with van der Waals surface area (Å²) in [7, 11) is 1.68. The molecule has 0 radical (unpaired) electrons. The second-order valence-electron chi connectivity index (χ2n) is 4.07. The lowest BCUT2D eigenvalue weighted by Gasteiger charge is -2.08. The minimum Gasteiger partial charge on any atom is -0.496 e. The van der Waals surface area contributed by atoms with E-state index in [1.165, 1.54) is 0 Å². The second kappa shape index (κ2) is 5.20. The van der Waals surface area contributed by atoms with Crippen LogP contribution in [-0.2, 0) is 0 Å². The number of hydrogen-bond acceptors (Lipinski definition) is 3. The molecule has 3 rings (SSSR count). The molecule has 19 heavy (non-hydrogen) atoms. The van der Waals surface area contributed by atoms with E-state index in [2.05, 4.69) is 16.3 Å². The Bertz CT molecular complexity index is 709. The summed E-state index contributed by atoms with van der Waals surface area (Å²) in [6, 6.07) is 13.9. The smallest absolute Gasteiger partial charge is 0.145 e. The molecular formula is C14H14ClN3O. The maximum absolute atomic E-state index is 5.65. The zero-order valence-corrected chi connectivity index (χ0v) is 11.2. The normalized spacial score (nSPS) is 10.2. The van der Waals surface area contributed by atoms with Crippen molar-refractivity contribution in [3.05, 3.63) is 42.5 Å². The van der Waals surface area contributed by atoms with E-state index in [-0.39, 0.29) is 12.4 Å². The van der Waals surface area contributed by atoms with E-state index in [0.717, 1.165) is 27.8 Å². The molecule has 0 fully saturated rings. The van der Waals surface area contributed by atoms with Crippen LogP contribution in [-0.4, -0.2) is 17.3 Å². The van der Waals surface area contributed by atoms with Gasteiger partial charge in [0.05, 0.1) is 12.8 Å². The highest BCUT2D eigenvalue weighted by Crippen LogP contribution is 2.33. The molecule has 0 atom stereocenters. The zero-order valence-electron chi connectivity index (χ0n) is 10.4. The number of halogens is 1. The molecule has 1 aromatic heterocycles. The Kier molecular flexibility index (Phi) is 3.62. The number of hydrogen-bond donors (Lipinski definition) is 2. The van der Waals surface area contributed by atoms with Gasteiger partial charge in [-0.15, -0.1) is 12.4 Å². The second-order valence-corrected chi connectivity index (χ2v) is 4.07. The molecule has 4 nitrogen and oxygen atoms in total. The fourth-order valence-electron chi connectivity index (χ4n) is 2.16. The number of nitrogens with two attached hydrogens (primary N) is 1. The predicted molar refractivity (Wildman–Crippen MR) is 79.7 cm³/mol. The molecule has 0 saturated carbocycles. The van der Waals surface area contributed by atoms with Gasteiger partial charge in [-0.25, -0.2) is 0 Å². The van der Waals surface area contributed by atoms with Crippen LogP contribution in [0.2, 0.25) is 0 Å². The number of anilines is 1. The van der Waals surface area contributed by atoms with Crippen LogP contribution in [0.5, 0.6) is 5.75 Å². The third kappa shape index (κ3) is 2.22. The Balaban J connectivity index is 0.00000133. The number of benzene rings is 2. The molecule has 0 aliphatic carbocycles. The first kappa shape index (κ1) is 13.2. The van der Waals surface area contributed by atoms with Crippen LogP contribution >= 0.6 is 12.4 Å². The maximum atomic E-state index is 5.65. The summed E-state index contributed by atoms with van der Waals surface area (Å²) in [5.74, 6) is 1.35. The van der Waals surface area contributed by atoms with Crippen molar-refractivity contribution < 1.29 is 4.74 Å². The van der Waals surface area contributed by atoms with Crippen LogP contribution in [0.3, 0.4) is 0 Å². The quantitative estimate of drug-likeness (QED) is 0.755. The van der Waals surface area contributed by atoms with E-state index in [1.807, 2.05) is 36.4 Å². The van der Waals surface area contributed by atoms with Crippen molar-refractivity contribution in [2.24, 2.45) is 0 Å². The molecule has 2 aromatic carbocycles. The molecule has 98 valence electrons. The van der Waals surface area contributed by atoms with Gasteiger partial charge in [0.2, 0.25) is 0 Å². The highest BCUT2D eigenvalue weighted by molar-refractivity contribution is 5.99. The van der Waals surface area contributed by atoms with Crippen molar-refractivity contribution >= 4 is 29.0 Å². The van der Waals surface area contributed by atoms with Crippen LogP contribution < -0.4 is 10.5 Å². The van der Waals surface area contributed by atoms with Crippen molar-refractivity contribution in [1.82, 2.24) is 10.2 Å². The van der Waals surface area contributed by atoms with Gasteiger partial charge in [-0.05, 0) is 17.5 Å². The summed E-state index contributed by atoms with van der Waals surface area (Å²) in [5, 5.41) is 9.09. The topological polar surface area (TPSA) is 63.9 Å². The molecule has 0 spiro atoms. The number of aromatic amines is 1. The molecular weight excluding hydrogens is 262 g/mol. The van der Waals surface area contributed by atoms with Crippen molar-refractivity contribution in [2.75, 3.05) is 12.8 Å². The molecule has 5 heteroatoms. The third-order valence-electron chi connectivity index (χ3n) is 2.99. The van der Waals surface area contributed by atoms with Crippen LogP contribution in [0.4, 0.5) is 5.82 Å². The SMILES string of the molecule is COc1ccc(-c2cc(N)n[nH]2)c2ccccc12.Cl. The fraction of sp³-hybridized carbons (Fsp3) is 0.0714. The van der Waals surface area contributed by atoms with Gasteiger partial charge in [-0.1, -0.05) is 24.3 Å². The van der Waals surface area contributed by atoms with Gasteiger partial charge in [0, 0.05) is 17.0 Å². The van der Waals surface area contributed by atoms with Crippen molar-refractivity contribution in [2.45, 2.75) is 0 Å². The summed E-state index contributed by atoms with van der Waals surface area (Å²) >= 11 is 0. The lowest BCUT2D eigenvalue weighted by Crippen LogP contribution is -1.87. The van der Waals surface area contributed by atoms with E-state index in [0.29, 0.717) is 5.82 Å². The maximum Gasteiger partial charge on any atom is 0.145 e. The highest BCUT2D eigenvalue weighted by Gasteiger charge is 2.09. The average molecular weight is 276 g/mol. The Hall–Kier alpha value is -2.20. The molecule has 0 aliphatic heterocycles. The Morgan fingerprint density at radius 1 is 1.11 bits per heavy atom.